The maximum Gasteiger partial charge on any atom is 0.251 e. The van der Waals surface area contributed by atoms with E-state index in [1.54, 1.807) is 25.1 Å². The quantitative estimate of drug-likeness (QED) is 0.896. The lowest BCUT2D eigenvalue weighted by Gasteiger charge is -2.15. The SMILES string of the molecule is CC(O)CC(C)NC(=O)c1ccc(Br)c(Cl)c1. The number of benzene rings is 1. The number of carbonyl (C=O) groups is 1. The molecule has 2 unspecified atom stereocenters. The smallest absolute Gasteiger partial charge is 0.251 e. The summed E-state index contributed by atoms with van der Waals surface area (Å²) in [6.45, 7) is 3.55. The molecule has 1 aromatic rings. The second-order valence-corrected chi connectivity index (χ2v) is 5.35. The second kappa shape index (κ2) is 6.38. The number of aliphatic hydroxyl groups excluding tert-OH is 1. The predicted octanol–water partition coefficient (Wildman–Crippen LogP) is 2.99. The number of aliphatic hydroxyl groups is 1. The summed E-state index contributed by atoms with van der Waals surface area (Å²) in [4.78, 5) is 11.8. The first-order valence-electron chi connectivity index (χ1n) is 5.34. The van der Waals surface area contributed by atoms with Gasteiger partial charge < -0.3 is 10.4 Å². The van der Waals surface area contributed by atoms with E-state index in [0.717, 1.165) is 4.47 Å². The molecule has 1 amide bonds. The Balaban J connectivity index is 2.66. The van der Waals surface area contributed by atoms with Crippen LogP contribution in [0.4, 0.5) is 0 Å². The highest BCUT2D eigenvalue weighted by atomic mass is 79.9. The van der Waals surface area contributed by atoms with Crippen molar-refractivity contribution in [1.82, 2.24) is 5.32 Å². The molecule has 0 aliphatic carbocycles. The average molecular weight is 321 g/mol. The Morgan fingerprint density at radius 2 is 2.18 bits per heavy atom. The lowest BCUT2D eigenvalue weighted by atomic mass is 10.1. The van der Waals surface area contributed by atoms with Crippen molar-refractivity contribution in [3.8, 4) is 0 Å². The summed E-state index contributed by atoms with van der Waals surface area (Å²) in [6, 6.07) is 4.96. The number of hydrogen-bond donors (Lipinski definition) is 2. The predicted molar refractivity (Wildman–Crippen MR) is 72.4 cm³/mol. The summed E-state index contributed by atoms with van der Waals surface area (Å²) in [5.74, 6) is -0.187. The van der Waals surface area contributed by atoms with Crippen LogP contribution in [0.25, 0.3) is 0 Å². The molecule has 94 valence electrons. The summed E-state index contributed by atoms with van der Waals surface area (Å²) < 4.78 is 0.757. The van der Waals surface area contributed by atoms with Gasteiger partial charge in [-0.15, -0.1) is 0 Å². The van der Waals surface area contributed by atoms with Gasteiger partial charge in [0.25, 0.3) is 5.91 Å². The van der Waals surface area contributed by atoms with Crippen LogP contribution in [0.2, 0.25) is 5.02 Å². The van der Waals surface area contributed by atoms with E-state index in [2.05, 4.69) is 21.2 Å². The molecule has 0 saturated heterocycles. The van der Waals surface area contributed by atoms with Gasteiger partial charge in [-0.05, 0) is 54.4 Å². The zero-order valence-corrected chi connectivity index (χ0v) is 12.0. The van der Waals surface area contributed by atoms with Crippen molar-refractivity contribution >= 4 is 33.4 Å². The van der Waals surface area contributed by atoms with E-state index in [4.69, 9.17) is 11.6 Å². The van der Waals surface area contributed by atoms with Gasteiger partial charge in [0, 0.05) is 16.1 Å². The number of hydrogen-bond acceptors (Lipinski definition) is 2. The summed E-state index contributed by atoms with van der Waals surface area (Å²) in [5.41, 5.74) is 0.510. The molecular formula is C12H15BrClNO2. The fourth-order valence-electron chi connectivity index (χ4n) is 1.52. The van der Waals surface area contributed by atoms with Crippen LogP contribution in [0.5, 0.6) is 0 Å². The maximum atomic E-state index is 11.8. The number of rotatable bonds is 4. The van der Waals surface area contributed by atoms with Gasteiger partial charge in [0.1, 0.15) is 0 Å². The Morgan fingerprint density at radius 1 is 1.53 bits per heavy atom. The van der Waals surface area contributed by atoms with Crippen LogP contribution in [0.1, 0.15) is 30.6 Å². The van der Waals surface area contributed by atoms with E-state index in [9.17, 15) is 9.90 Å². The Kier molecular flexibility index (Phi) is 5.43. The number of halogens is 2. The van der Waals surface area contributed by atoms with E-state index >= 15 is 0 Å². The maximum absolute atomic E-state index is 11.8. The number of nitrogens with one attached hydrogen (secondary N) is 1. The Hall–Kier alpha value is -0.580. The van der Waals surface area contributed by atoms with Crippen molar-refractivity contribution in [2.24, 2.45) is 0 Å². The van der Waals surface area contributed by atoms with Crippen molar-refractivity contribution in [2.45, 2.75) is 32.4 Å². The molecule has 0 bridgehead atoms. The third kappa shape index (κ3) is 4.66. The molecule has 2 atom stereocenters. The highest BCUT2D eigenvalue weighted by Gasteiger charge is 2.12. The van der Waals surface area contributed by atoms with Crippen molar-refractivity contribution in [3.05, 3.63) is 33.3 Å². The highest BCUT2D eigenvalue weighted by molar-refractivity contribution is 9.10. The lowest BCUT2D eigenvalue weighted by molar-refractivity contribution is 0.0923. The summed E-state index contributed by atoms with van der Waals surface area (Å²) >= 11 is 9.18. The van der Waals surface area contributed by atoms with Gasteiger partial charge in [0.15, 0.2) is 0 Å². The molecule has 0 fully saturated rings. The zero-order valence-electron chi connectivity index (χ0n) is 9.71. The van der Waals surface area contributed by atoms with Crippen LogP contribution in [0, 0.1) is 0 Å². The van der Waals surface area contributed by atoms with Gasteiger partial charge in [0.2, 0.25) is 0 Å². The highest BCUT2D eigenvalue weighted by Crippen LogP contribution is 2.23. The number of amides is 1. The van der Waals surface area contributed by atoms with E-state index < -0.39 is 6.10 Å². The molecule has 1 rings (SSSR count). The number of carbonyl (C=O) groups excluding carboxylic acids is 1. The minimum Gasteiger partial charge on any atom is -0.393 e. The summed E-state index contributed by atoms with van der Waals surface area (Å²) in [7, 11) is 0. The fraction of sp³-hybridized carbons (Fsp3) is 0.417. The Bertz CT molecular complexity index is 409. The van der Waals surface area contributed by atoms with Crippen LogP contribution in [-0.2, 0) is 0 Å². The van der Waals surface area contributed by atoms with Crippen LogP contribution in [-0.4, -0.2) is 23.2 Å². The fourth-order valence-corrected chi connectivity index (χ4v) is 1.94. The Labute approximate surface area is 114 Å². The van der Waals surface area contributed by atoms with Crippen molar-refractivity contribution in [3.63, 3.8) is 0 Å². The Morgan fingerprint density at radius 3 is 2.71 bits per heavy atom. The molecule has 1 aromatic carbocycles. The van der Waals surface area contributed by atoms with Gasteiger partial charge in [-0.2, -0.15) is 0 Å². The van der Waals surface area contributed by atoms with Gasteiger partial charge in [-0.3, -0.25) is 4.79 Å². The molecule has 5 heteroatoms. The molecule has 0 aromatic heterocycles. The minimum atomic E-state index is -0.432. The molecule has 0 heterocycles. The summed E-state index contributed by atoms with van der Waals surface area (Å²) in [5, 5.41) is 12.5. The first-order chi connectivity index (χ1) is 7.90. The molecule has 0 radical (unpaired) electrons. The van der Waals surface area contributed by atoms with Crippen molar-refractivity contribution < 1.29 is 9.90 Å². The van der Waals surface area contributed by atoms with Crippen LogP contribution in [0.15, 0.2) is 22.7 Å². The standard InChI is InChI=1S/C12H15BrClNO2/c1-7(5-8(2)16)15-12(17)9-3-4-10(13)11(14)6-9/h3-4,6-8,16H,5H2,1-2H3,(H,15,17). The molecule has 3 nitrogen and oxygen atoms in total. The molecule has 0 spiro atoms. The van der Waals surface area contributed by atoms with E-state index in [1.165, 1.54) is 0 Å². The van der Waals surface area contributed by atoms with Crippen molar-refractivity contribution in [1.29, 1.82) is 0 Å². The van der Waals surface area contributed by atoms with E-state index in [0.29, 0.717) is 17.0 Å². The largest absolute Gasteiger partial charge is 0.393 e. The van der Waals surface area contributed by atoms with E-state index in [1.807, 2.05) is 6.92 Å². The molecule has 2 N–H and O–H groups in total. The third-order valence-electron chi connectivity index (χ3n) is 2.25. The molecule has 0 aliphatic rings. The van der Waals surface area contributed by atoms with Gasteiger partial charge in [-0.1, -0.05) is 11.6 Å². The first kappa shape index (κ1) is 14.5. The molecule has 0 saturated carbocycles. The van der Waals surface area contributed by atoms with Gasteiger partial charge >= 0.3 is 0 Å². The van der Waals surface area contributed by atoms with Crippen LogP contribution >= 0.6 is 27.5 Å². The third-order valence-corrected chi connectivity index (χ3v) is 3.49. The topological polar surface area (TPSA) is 49.3 Å². The van der Waals surface area contributed by atoms with Crippen LogP contribution < -0.4 is 5.32 Å². The monoisotopic (exact) mass is 319 g/mol. The van der Waals surface area contributed by atoms with Gasteiger partial charge in [0.05, 0.1) is 11.1 Å². The summed E-state index contributed by atoms with van der Waals surface area (Å²) in [6.07, 6.45) is 0.0921. The van der Waals surface area contributed by atoms with Crippen LogP contribution in [0.3, 0.4) is 0 Å². The second-order valence-electron chi connectivity index (χ2n) is 4.09. The normalized spacial score (nSPS) is 14.2. The average Bonchev–Trinajstić information content (AvgIpc) is 2.20. The zero-order chi connectivity index (χ0) is 13.0. The van der Waals surface area contributed by atoms with Gasteiger partial charge in [-0.25, -0.2) is 0 Å². The minimum absolute atomic E-state index is 0.0788. The molecule has 0 aliphatic heterocycles. The molecule has 17 heavy (non-hydrogen) atoms. The van der Waals surface area contributed by atoms with E-state index in [-0.39, 0.29) is 11.9 Å². The lowest BCUT2D eigenvalue weighted by Crippen LogP contribution is -2.34. The first-order valence-corrected chi connectivity index (χ1v) is 6.51. The van der Waals surface area contributed by atoms with Crippen molar-refractivity contribution in [2.75, 3.05) is 0 Å². The molecular weight excluding hydrogens is 305 g/mol.